The lowest BCUT2D eigenvalue weighted by molar-refractivity contribution is -0.137. The van der Waals surface area contributed by atoms with Crippen molar-refractivity contribution in [2.75, 3.05) is 18.1 Å². The summed E-state index contributed by atoms with van der Waals surface area (Å²) >= 11 is 5.63. The molecule has 3 rings (SSSR count). The second kappa shape index (κ2) is 6.92. The van der Waals surface area contributed by atoms with Gasteiger partial charge in [-0.3, -0.25) is 4.79 Å². The Balaban J connectivity index is 1.63. The van der Waals surface area contributed by atoms with Crippen LogP contribution in [0.15, 0.2) is 18.2 Å². The van der Waals surface area contributed by atoms with Crippen molar-refractivity contribution in [1.29, 1.82) is 0 Å². The number of rotatable bonds is 5. The quantitative estimate of drug-likeness (QED) is 0.717. The Morgan fingerprint density at radius 1 is 1.24 bits per heavy atom. The number of nitrogens with zero attached hydrogens (tertiary/aromatic N) is 1. The van der Waals surface area contributed by atoms with Crippen LogP contribution in [0, 0.1) is 5.82 Å². The van der Waals surface area contributed by atoms with Crippen molar-refractivity contribution in [1.82, 2.24) is 4.90 Å². The third kappa shape index (κ3) is 4.30. The smallest absolute Gasteiger partial charge is 0.341 e. The van der Waals surface area contributed by atoms with E-state index in [-0.39, 0.29) is 34.2 Å². The molecule has 2 fully saturated rings. The van der Waals surface area contributed by atoms with Crippen LogP contribution in [0.25, 0.3) is 0 Å². The molecule has 25 heavy (non-hydrogen) atoms. The number of ether oxygens (including phenoxy) is 1. The first-order valence-electron chi connectivity index (χ1n) is 7.90. The first-order valence-corrected chi connectivity index (χ1v) is 10.1. The lowest BCUT2D eigenvalue weighted by atomic mass is 10.2. The van der Waals surface area contributed by atoms with Gasteiger partial charge in [0.15, 0.2) is 16.4 Å². The maximum absolute atomic E-state index is 13.7. The first-order chi connectivity index (χ1) is 11.8. The molecule has 1 saturated carbocycles. The monoisotopic (exact) mass is 389 g/mol. The average molecular weight is 390 g/mol. The summed E-state index contributed by atoms with van der Waals surface area (Å²) in [4.78, 5) is 25.9. The molecule has 1 saturated heterocycles. The Bertz CT molecular complexity index is 809. The predicted molar refractivity (Wildman–Crippen MR) is 88.6 cm³/mol. The molecule has 0 radical (unpaired) electrons. The van der Waals surface area contributed by atoms with Gasteiger partial charge < -0.3 is 9.64 Å². The van der Waals surface area contributed by atoms with Crippen molar-refractivity contribution >= 4 is 33.3 Å². The lowest BCUT2D eigenvalue weighted by Crippen LogP contribution is -2.44. The van der Waals surface area contributed by atoms with Crippen LogP contribution in [0.5, 0.6) is 0 Å². The minimum Gasteiger partial charge on any atom is -0.452 e. The molecule has 2 aliphatic rings. The summed E-state index contributed by atoms with van der Waals surface area (Å²) in [6.07, 6.45) is 2.01. The number of carbonyl (C=O) groups excluding carboxylic acids is 2. The highest BCUT2D eigenvalue weighted by atomic mass is 35.5. The standard InChI is InChI=1S/C16H17ClFNO5S/c17-10-1-4-13(14(18)7-10)16(21)24-8-15(20)19(11-2-3-11)12-5-6-25(22,23)9-12/h1,4,7,11-12H,2-3,5-6,8-9H2/t12-/m1/s1. The van der Waals surface area contributed by atoms with Gasteiger partial charge in [-0.05, 0) is 37.5 Å². The maximum Gasteiger partial charge on any atom is 0.341 e. The van der Waals surface area contributed by atoms with Crippen molar-refractivity contribution in [2.24, 2.45) is 0 Å². The average Bonchev–Trinajstić information content (AvgIpc) is 3.29. The molecule has 136 valence electrons. The molecule has 0 N–H and O–H groups in total. The molecule has 1 aromatic carbocycles. The molecule has 0 spiro atoms. The highest BCUT2D eigenvalue weighted by molar-refractivity contribution is 7.91. The third-order valence-electron chi connectivity index (χ3n) is 4.31. The van der Waals surface area contributed by atoms with Crippen molar-refractivity contribution < 1.29 is 27.1 Å². The topological polar surface area (TPSA) is 80.8 Å². The van der Waals surface area contributed by atoms with E-state index in [1.54, 1.807) is 0 Å². The first kappa shape index (κ1) is 18.1. The van der Waals surface area contributed by atoms with Gasteiger partial charge in [0.2, 0.25) is 0 Å². The molecule has 1 heterocycles. The van der Waals surface area contributed by atoms with Crippen LogP contribution in [-0.4, -0.2) is 55.4 Å². The van der Waals surface area contributed by atoms with Crippen LogP contribution < -0.4 is 0 Å². The van der Waals surface area contributed by atoms with E-state index in [2.05, 4.69) is 0 Å². The summed E-state index contributed by atoms with van der Waals surface area (Å²) in [5.41, 5.74) is -0.307. The van der Waals surface area contributed by atoms with Crippen LogP contribution in [0.1, 0.15) is 29.6 Å². The molecule has 1 atom stereocenters. The zero-order valence-corrected chi connectivity index (χ0v) is 14.9. The zero-order valence-electron chi connectivity index (χ0n) is 13.3. The van der Waals surface area contributed by atoms with Gasteiger partial charge in [-0.15, -0.1) is 0 Å². The second-order valence-electron chi connectivity index (χ2n) is 6.29. The van der Waals surface area contributed by atoms with Gasteiger partial charge in [-0.1, -0.05) is 11.6 Å². The van der Waals surface area contributed by atoms with E-state index in [0.29, 0.717) is 6.42 Å². The number of carbonyl (C=O) groups is 2. The fourth-order valence-electron chi connectivity index (χ4n) is 2.99. The van der Waals surface area contributed by atoms with E-state index >= 15 is 0 Å². The summed E-state index contributed by atoms with van der Waals surface area (Å²) in [5, 5.41) is 0.146. The minimum atomic E-state index is -3.13. The van der Waals surface area contributed by atoms with E-state index in [0.717, 1.165) is 18.9 Å². The van der Waals surface area contributed by atoms with Gasteiger partial charge in [-0.2, -0.15) is 0 Å². The molecule has 0 unspecified atom stereocenters. The number of amides is 1. The zero-order chi connectivity index (χ0) is 18.2. The number of hydrogen-bond donors (Lipinski definition) is 0. The maximum atomic E-state index is 13.7. The van der Waals surface area contributed by atoms with Gasteiger partial charge in [0.1, 0.15) is 5.82 Å². The Morgan fingerprint density at radius 3 is 2.52 bits per heavy atom. The molecule has 1 aliphatic carbocycles. The molecule has 0 aromatic heterocycles. The molecule has 1 aliphatic heterocycles. The fraction of sp³-hybridized carbons (Fsp3) is 0.500. The van der Waals surface area contributed by atoms with Gasteiger partial charge in [0.05, 0.1) is 17.1 Å². The van der Waals surface area contributed by atoms with Crippen LogP contribution in [0.2, 0.25) is 5.02 Å². The predicted octanol–water partition coefficient (Wildman–Crippen LogP) is 1.81. The van der Waals surface area contributed by atoms with Gasteiger partial charge in [-0.25, -0.2) is 17.6 Å². The molecule has 9 heteroatoms. The van der Waals surface area contributed by atoms with E-state index in [9.17, 15) is 22.4 Å². The van der Waals surface area contributed by atoms with Crippen LogP contribution in [0.3, 0.4) is 0 Å². The Hall–Kier alpha value is -1.67. The Labute approximate surface area is 149 Å². The highest BCUT2D eigenvalue weighted by Crippen LogP contribution is 2.32. The van der Waals surface area contributed by atoms with Crippen molar-refractivity contribution in [3.05, 3.63) is 34.6 Å². The lowest BCUT2D eigenvalue weighted by Gasteiger charge is -2.28. The summed E-state index contributed by atoms with van der Waals surface area (Å²) in [7, 11) is -3.13. The van der Waals surface area contributed by atoms with E-state index in [1.165, 1.54) is 17.0 Å². The Morgan fingerprint density at radius 2 is 1.96 bits per heavy atom. The van der Waals surface area contributed by atoms with E-state index in [4.69, 9.17) is 16.3 Å². The van der Waals surface area contributed by atoms with Gasteiger partial charge >= 0.3 is 5.97 Å². The molecule has 0 bridgehead atoms. The molecular formula is C16H17ClFNO5S. The van der Waals surface area contributed by atoms with Crippen LogP contribution in [-0.2, 0) is 19.4 Å². The Kier molecular flexibility index (Phi) is 5.02. The minimum absolute atomic E-state index is 0.00299. The normalized spacial score (nSPS) is 21.8. The third-order valence-corrected chi connectivity index (χ3v) is 6.29. The van der Waals surface area contributed by atoms with Crippen molar-refractivity contribution in [3.63, 3.8) is 0 Å². The fourth-order valence-corrected chi connectivity index (χ4v) is 4.86. The number of benzene rings is 1. The van der Waals surface area contributed by atoms with Crippen molar-refractivity contribution in [2.45, 2.75) is 31.3 Å². The van der Waals surface area contributed by atoms with Crippen LogP contribution >= 0.6 is 11.6 Å². The number of sulfone groups is 1. The van der Waals surface area contributed by atoms with E-state index in [1.807, 2.05) is 0 Å². The number of esters is 1. The molecule has 6 nitrogen and oxygen atoms in total. The summed E-state index contributed by atoms with van der Waals surface area (Å²) in [6, 6.07) is 3.14. The largest absolute Gasteiger partial charge is 0.452 e. The van der Waals surface area contributed by atoms with Gasteiger partial charge in [0.25, 0.3) is 5.91 Å². The molecular weight excluding hydrogens is 373 g/mol. The summed E-state index contributed by atoms with van der Waals surface area (Å²) in [6.45, 7) is -0.548. The molecule has 1 aromatic rings. The number of halogens is 2. The molecule has 1 amide bonds. The summed E-state index contributed by atoms with van der Waals surface area (Å²) in [5.74, 6) is -2.24. The second-order valence-corrected chi connectivity index (χ2v) is 8.95. The summed E-state index contributed by atoms with van der Waals surface area (Å²) < 4.78 is 41.9. The van der Waals surface area contributed by atoms with Gasteiger partial charge in [0, 0.05) is 17.1 Å². The van der Waals surface area contributed by atoms with E-state index < -0.39 is 34.1 Å². The van der Waals surface area contributed by atoms with Crippen LogP contribution in [0.4, 0.5) is 4.39 Å². The number of hydrogen-bond acceptors (Lipinski definition) is 5. The van der Waals surface area contributed by atoms with Crippen molar-refractivity contribution in [3.8, 4) is 0 Å². The SMILES string of the molecule is O=C(OCC(=O)N(C1CC1)[C@@H]1CCS(=O)(=O)C1)c1ccc(Cl)cc1F. The highest BCUT2D eigenvalue weighted by Gasteiger charge is 2.42.